The highest BCUT2D eigenvalue weighted by molar-refractivity contribution is 4.77. The smallest absolute Gasteiger partial charge is 0.0544 e. The fourth-order valence-electron chi connectivity index (χ4n) is 1.32. The molecule has 1 aliphatic rings. The normalized spacial score (nSPS) is 32.9. The number of aliphatic hydroxyl groups is 1. The molecule has 2 atom stereocenters. The summed E-state index contributed by atoms with van der Waals surface area (Å²) in [5.41, 5.74) is 8.08. The lowest BCUT2D eigenvalue weighted by Crippen LogP contribution is -2.21. The van der Waals surface area contributed by atoms with Crippen molar-refractivity contribution in [2.75, 3.05) is 0 Å². The zero-order valence-corrected chi connectivity index (χ0v) is 5.77. The molecule has 56 valence electrons. The molecule has 0 bridgehead atoms. The van der Waals surface area contributed by atoms with E-state index in [4.69, 9.17) is 10.6 Å². The van der Waals surface area contributed by atoms with Gasteiger partial charge in [0.15, 0.2) is 0 Å². The molecular formula is C6H11N3O. The molecule has 0 saturated heterocycles. The van der Waals surface area contributed by atoms with E-state index >= 15 is 0 Å². The zero-order valence-electron chi connectivity index (χ0n) is 5.77. The number of hydrogen-bond acceptors (Lipinski definition) is 2. The van der Waals surface area contributed by atoms with E-state index in [-0.39, 0.29) is 12.1 Å². The maximum Gasteiger partial charge on any atom is 0.0544 e. The van der Waals surface area contributed by atoms with Gasteiger partial charge >= 0.3 is 0 Å². The van der Waals surface area contributed by atoms with Crippen molar-refractivity contribution in [2.24, 2.45) is 5.11 Å². The average Bonchev–Trinajstić information content (AvgIpc) is 1.88. The highest BCUT2D eigenvalue weighted by Crippen LogP contribution is 2.20. The Labute approximate surface area is 59.5 Å². The van der Waals surface area contributed by atoms with Crippen molar-refractivity contribution in [1.82, 2.24) is 0 Å². The second-order valence-corrected chi connectivity index (χ2v) is 2.68. The molecule has 1 saturated carbocycles. The predicted molar refractivity (Wildman–Crippen MR) is 37.4 cm³/mol. The van der Waals surface area contributed by atoms with Crippen LogP contribution in [0.25, 0.3) is 10.4 Å². The highest BCUT2D eigenvalue weighted by Gasteiger charge is 2.18. The fourth-order valence-corrected chi connectivity index (χ4v) is 1.32. The summed E-state index contributed by atoms with van der Waals surface area (Å²) in [6, 6.07) is 0.0359. The van der Waals surface area contributed by atoms with Crippen LogP contribution in [0.1, 0.15) is 25.7 Å². The van der Waals surface area contributed by atoms with Crippen LogP contribution >= 0.6 is 0 Å². The summed E-state index contributed by atoms with van der Waals surface area (Å²) in [5.74, 6) is 0. The summed E-state index contributed by atoms with van der Waals surface area (Å²) in [4.78, 5) is 2.71. The van der Waals surface area contributed by atoms with Gasteiger partial charge in [0, 0.05) is 11.0 Å². The van der Waals surface area contributed by atoms with Crippen molar-refractivity contribution < 1.29 is 5.11 Å². The Balaban J connectivity index is 2.39. The van der Waals surface area contributed by atoms with Gasteiger partial charge < -0.3 is 5.11 Å². The van der Waals surface area contributed by atoms with Crippen LogP contribution < -0.4 is 0 Å². The Bertz CT molecular complexity index is 153. The predicted octanol–water partition coefficient (Wildman–Crippen LogP) is 1.60. The molecule has 0 aromatic rings. The molecule has 0 amide bonds. The van der Waals surface area contributed by atoms with E-state index < -0.39 is 0 Å². The Kier molecular flexibility index (Phi) is 2.54. The Morgan fingerprint density at radius 3 is 2.90 bits per heavy atom. The minimum atomic E-state index is -0.246. The van der Waals surface area contributed by atoms with Gasteiger partial charge in [-0.05, 0) is 24.8 Å². The van der Waals surface area contributed by atoms with Crippen LogP contribution in [-0.4, -0.2) is 17.3 Å². The van der Waals surface area contributed by atoms with Gasteiger partial charge in [0.2, 0.25) is 0 Å². The summed E-state index contributed by atoms with van der Waals surface area (Å²) in [7, 11) is 0. The van der Waals surface area contributed by atoms with Crippen molar-refractivity contribution >= 4 is 0 Å². The van der Waals surface area contributed by atoms with E-state index in [0.717, 1.165) is 19.3 Å². The van der Waals surface area contributed by atoms with Gasteiger partial charge in [-0.15, -0.1) is 0 Å². The van der Waals surface area contributed by atoms with Crippen LogP contribution in [-0.2, 0) is 0 Å². The van der Waals surface area contributed by atoms with Crippen LogP contribution in [0.4, 0.5) is 0 Å². The lowest BCUT2D eigenvalue weighted by atomic mass is 9.94. The quantitative estimate of drug-likeness (QED) is 0.336. The number of azide groups is 1. The molecule has 1 aliphatic carbocycles. The largest absolute Gasteiger partial charge is 0.393 e. The topological polar surface area (TPSA) is 69.0 Å². The van der Waals surface area contributed by atoms with E-state index in [1.165, 1.54) is 0 Å². The van der Waals surface area contributed by atoms with E-state index in [2.05, 4.69) is 10.0 Å². The fraction of sp³-hybridized carbons (Fsp3) is 1.00. The first-order valence-electron chi connectivity index (χ1n) is 3.55. The summed E-state index contributed by atoms with van der Waals surface area (Å²) < 4.78 is 0. The first kappa shape index (κ1) is 7.38. The van der Waals surface area contributed by atoms with Crippen LogP contribution in [0.5, 0.6) is 0 Å². The molecule has 0 heterocycles. The Hall–Kier alpha value is -0.730. The molecule has 1 unspecified atom stereocenters. The molecule has 0 spiro atoms. The SMILES string of the molecule is [N-]=[N+]=NC1CCC[C@H](O)C1. The van der Waals surface area contributed by atoms with Gasteiger partial charge in [0.1, 0.15) is 0 Å². The standard InChI is InChI=1S/C6H11N3O/c7-9-8-5-2-1-3-6(10)4-5/h5-6,10H,1-4H2/t5?,6-/m0/s1. The third-order valence-electron chi connectivity index (χ3n) is 1.83. The van der Waals surface area contributed by atoms with Gasteiger partial charge in [-0.1, -0.05) is 11.5 Å². The lowest BCUT2D eigenvalue weighted by molar-refractivity contribution is 0.121. The van der Waals surface area contributed by atoms with Gasteiger partial charge in [-0.2, -0.15) is 0 Å². The summed E-state index contributed by atoms with van der Waals surface area (Å²) >= 11 is 0. The Morgan fingerprint density at radius 1 is 1.50 bits per heavy atom. The first-order valence-corrected chi connectivity index (χ1v) is 3.55. The molecule has 1 rings (SSSR count). The second kappa shape index (κ2) is 3.44. The molecule has 0 aliphatic heterocycles. The summed E-state index contributed by atoms with van der Waals surface area (Å²) in [6.45, 7) is 0. The van der Waals surface area contributed by atoms with Crippen molar-refractivity contribution in [3.8, 4) is 0 Å². The summed E-state index contributed by atoms with van der Waals surface area (Å²) in [6.07, 6.45) is 3.16. The van der Waals surface area contributed by atoms with Gasteiger partial charge in [0.05, 0.1) is 6.10 Å². The maximum absolute atomic E-state index is 9.12. The number of hydrogen-bond donors (Lipinski definition) is 1. The molecule has 1 N–H and O–H groups in total. The van der Waals surface area contributed by atoms with Crippen molar-refractivity contribution in [1.29, 1.82) is 0 Å². The molecule has 0 aromatic heterocycles. The number of rotatable bonds is 1. The molecule has 0 aromatic carbocycles. The van der Waals surface area contributed by atoms with Crippen LogP contribution in [0.15, 0.2) is 5.11 Å². The zero-order chi connectivity index (χ0) is 7.40. The molecule has 4 heteroatoms. The third-order valence-corrected chi connectivity index (χ3v) is 1.83. The third kappa shape index (κ3) is 1.90. The first-order chi connectivity index (χ1) is 4.83. The van der Waals surface area contributed by atoms with Crippen molar-refractivity contribution in [3.63, 3.8) is 0 Å². The second-order valence-electron chi connectivity index (χ2n) is 2.68. The lowest BCUT2D eigenvalue weighted by Gasteiger charge is -2.21. The van der Waals surface area contributed by atoms with Gasteiger partial charge in [-0.3, -0.25) is 0 Å². The molecule has 0 radical (unpaired) electrons. The maximum atomic E-state index is 9.12. The summed E-state index contributed by atoms with van der Waals surface area (Å²) in [5, 5.41) is 12.7. The van der Waals surface area contributed by atoms with E-state index in [9.17, 15) is 0 Å². The number of aliphatic hydroxyl groups excluding tert-OH is 1. The van der Waals surface area contributed by atoms with E-state index in [1.807, 2.05) is 0 Å². The molecule has 10 heavy (non-hydrogen) atoms. The Morgan fingerprint density at radius 2 is 2.30 bits per heavy atom. The highest BCUT2D eigenvalue weighted by atomic mass is 16.3. The van der Waals surface area contributed by atoms with E-state index in [1.54, 1.807) is 0 Å². The molecule has 4 nitrogen and oxygen atoms in total. The average molecular weight is 141 g/mol. The molecule has 1 fully saturated rings. The number of nitrogens with zero attached hydrogens (tertiary/aromatic N) is 3. The van der Waals surface area contributed by atoms with Gasteiger partial charge in [-0.25, -0.2) is 0 Å². The van der Waals surface area contributed by atoms with Crippen LogP contribution in [0, 0.1) is 0 Å². The van der Waals surface area contributed by atoms with Crippen molar-refractivity contribution in [3.05, 3.63) is 10.4 Å². The minimum Gasteiger partial charge on any atom is -0.393 e. The minimum absolute atomic E-state index is 0.0359. The van der Waals surface area contributed by atoms with E-state index in [0.29, 0.717) is 6.42 Å². The van der Waals surface area contributed by atoms with Crippen LogP contribution in [0.2, 0.25) is 0 Å². The molecular weight excluding hydrogens is 130 g/mol. The van der Waals surface area contributed by atoms with Gasteiger partial charge in [0.25, 0.3) is 0 Å². The monoisotopic (exact) mass is 141 g/mol. The van der Waals surface area contributed by atoms with Crippen molar-refractivity contribution in [2.45, 2.75) is 37.8 Å². The van der Waals surface area contributed by atoms with Crippen LogP contribution in [0.3, 0.4) is 0 Å².